The third-order valence-corrected chi connectivity index (χ3v) is 1.63. The fourth-order valence-corrected chi connectivity index (χ4v) is 0.704. The maximum Gasteiger partial charge on any atom is 0.317 e. The molecule has 0 aromatic carbocycles. The number of urea groups is 1. The van der Waals surface area contributed by atoms with Crippen LogP contribution in [0.2, 0.25) is 0 Å². The van der Waals surface area contributed by atoms with E-state index >= 15 is 0 Å². The van der Waals surface area contributed by atoms with Crippen molar-refractivity contribution < 1.29 is 9.32 Å². The van der Waals surface area contributed by atoms with Crippen LogP contribution in [0.3, 0.4) is 0 Å². The molecule has 0 aliphatic heterocycles. The van der Waals surface area contributed by atoms with E-state index in [1.807, 2.05) is 6.92 Å². The second-order valence-electron chi connectivity index (χ2n) is 2.52. The Hall–Kier alpha value is -1.59. The van der Waals surface area contributed by atoms with Gasteiger partial charge in [-0.1, -0.05) is 5.16 Å². The molecular weight excluding hydrogens is 172 g/mol. The van der Waals surface area contributed by atoms with Gasteiger partial charge in [0.25, 0.3) is 0 Å². The van der Waals surface area contributed by atoms with Crippen molar-refractivity contribution in [3.05, 3.63) is 12.2 Å². The molecule has 1 aromatic rings. The van der Waals surface area contributed by atoms with Crippen molar-refractivity contribution in [1.82, 2.24) is 20.4 Å². The first-order valence-corrected chi connectivity index (χ1v) is 3.98. The molecule has 1 rings (SSSR count). The van der Waals surface area contributed by atoms with Crippen molar-refractivity contribution in [3.63, 3.8) is 0 Å². The summed E-state index contributed by atoms with van der Waals surface area (Å²) in [5.41, 5.74) is 0. The first-order chi connectivity index (χ1) is 6.24. The molecule has 0 radical (unpaired) electrons. The molecule has 1 aromatic heterocycles. The van der Waals surface area contributed by atoms with Crippen molar-refractivity contribution >= 4 is 6.03 Å². The fourth-order valence-electron chi connectivity index (χ4n) is 0.704. The lowest BCUT2D eigenvalue weighted by Crippen LogP contribution is -2.36. The van der Waals surface area contributed by atoms with Gasteiger partial charge in [0, 0.05) is 13.6 Å². The van der Waals surface area contributed by atoms with E-state index in [1.165, 1.54) is 6.39 Å². The van der Waals surface area contributed by atoms with E-state index in [0.29, 0.717) is 18.9 Å². The van der Waals surface area contributed by atoms with Gasteiger partial charge in [0.2, 0.25) is 6.39 Å². The smallest absolute Gasteiger partial charge is 0.317 e. The summed E-state index contributed by atoms with van der Waals surface area (Å²) in [5.74, 6) is 0.470. The number of hydrogen-bond donors (Lipinski definition) is 1. The van der Waals surface area contributed by atoms with E-state index in [0.717, 1.165) is 0 Å². The lowest BCUT2D eigenvalue weighted by Gasteiger charge is -2.14. The Labute approximate surface area is 75.9 Å². The van der Waals surface area contributed by atoms with Gasteiger partial charge in [-0.3, -0.25) is 0 Å². The van der Waals surface area contributed by atoms with Crippen molar-refractivity contribution in [3.8, 4) is 0 Å². The van der Waals surface area contributed by atoms with E-state index in [9.17, 15) is 4.79 Å². The average Bonchev–Trinajstić information content (AvgIpc) is 2.65. The molecule has 2 amide bonds. The second kappa shape index (κ2) is 4.44. The van der Waals surface area contributed by atoms with Crippen molar-refractivity contribution in [2.75, 3.05) is 13.6 Å². The van der Waals surface area contributed by atoms with Crippen LogP contribution in [0.15, 0.2) is 10.9 Å². The molecule has 0 unspecified atom stereocenters. The Kier molecular flexibility index (Phi) is 3.24. The summed E-state index contributed by atoms with van der Waals surface area (Å²) < 4.78 is 4.51. The Bertz CT molecular complexity index is 259. The van der Waals surface area contributed by atoms with E-state index in [2.05, 4.69) is 20.0 Å². The van der Waals surface area contributed by atoms with Gasteiger partial charge in [-0.25, -0.2) is 4.79 Å². The van der Waals surface area contributed by atoms with Crippen LogP contribution < -0.4 is 5.32 Å². The molecule has 0 fully saturated rings. The van der Waals surface area contributed by atoms with Gasteiger partial charge < -0.3 is 14.7 Å². The Morgan fingerprint density at radius 2 is 2.54 bits per heavy atom. The summed E-state index contributed by atoms with van der Waals surface area (Å²) in [7, 11) is 1.71. The molecule has 0 saturated carbocycles. The monoisotopic (exact) mass is 184 g/mol. The number of hydrogen-bond acceptors (Lipinski definition) is 4. The fraction of sp³-hybridized carbons (Fsp3) is 0.571. The predicted octanol–water partition coefficient (Wildman–Crippen LogP) is 0.231. The molecule has 72 valence electrons. The van der Waals surface area contributed by atoms with Crippen molar-refractivity contribution in [2.24, 2.45) is 0 Å². The summed E-state index contributed by atoms with van der Waals surface area (Å²) in [6, 6.07) is -0.146. The topological polar surface area (TPSA) is 71.3 Å². The van der Waals surface area contributed by atoms with Crippen LogP contribution in [0.5, 0.6) is 0 Å². The van der Waals surface area contributed by atoms with Crippen LogP contribution >= 0.6 is 0 Å². The summed E-state index contributed by atoms with van der Waals surface area (Å²) in [6.45, 7) is 2.85. The van der Waals surface area contributed by atoms with Gasteiger partial charge in [-0.15, -0.1) is 0 Å². The highest BCUT2D eigenvalue weighted by atomic mass is 16.5. The quantitative estimate of drug-likeness (QED) is 0.730. The SMILES string of the molecule is CCN(C)C(=O)NCc1ncon1. The highest BCUT2D eigenvalue weighted by Gasteiger charge is 2.06. The molecule has 0 atom stereocenters. The van der Waals surface area contributed by atoms with Crippen LogP contribution in [-0.2, 0) is 6.54 Å². The minimum absolute atomic E-state index is 0.146. The van der Waals surface area contributed by atoms with E-state index < -0.39 is 0 Å². The van der Waals surface area contributed by atoms with E-state index in [-0.39, 0.29) is 6.03 Å². The number of carbonyl (C=O) groups excluding carboxylic acids is 1. The van der Waals surface area contributed by atoms with Crippen LogP contribution in [0.25, 0.3) is 0 Å². The summed E-state index contributed by atoms with van der Waals surface area (Å²) in [6.07, 6.45) is 1.23. The molecule has 0 spiro atoms. The lowest BCUT2D eigenvalue weighted by molar-refractivity contribution is 0.210. The molecule has 1 N–H and O–H groups in total. The molecule has 6 heteroatoms. The largest absolute Gasteiger partial charge is 0.343 e. The molecular formula is C7H12N4O2. The highest BCUT2D eigenvalue weighted by Crippen LogP contribution is 1.88. The number of nitrogens with zero attached hydrogens (tertiary/aromatic N) is 3. The number of rotatable bonds is 3. The summed E-state index contributed by atoms with van der Waals surface area (Å²) in [4.78, 5) is 16.5. The Balaban J connectivity index is 2.31. The van der Waals surface area contributed by atoms with E-state index in [1.54, 1.807) is 11.9 Å². The molecule has 0 saturated heterocycles. The zero-order valence-corrected chi connectivity index (χ0v) is 7.65. The maximum atomic E-state index is 11.2. The van der Waals surface area contributed by atoms with Gasteiger partial charge in [-0.2, -0.15) is 4.98 Å². The first-order valence-electron chi connectivity index (χ1n) is 3.98. The third-order valence-electron chi connectivity index (χ3n) is 1.63. The van der Waals surface area contributed by atoms with Gasteiger partial charge in [-0.05, 0) is 6.92 Å². The number of amides is 2. The molecule has 6 nitrogen and oxygen atoms in total. The summed E-state index contributed by atoms with van der Waals surface area (Å²) in [5, 5.41) is 6.19. The molecule has 0 aliphatic carbocycles. The Morgan fingerprint density at radius 1 is 1.77 bits per heavy atom. The average molecular weight is 184 g/mol. The van der Waals surface area contributed by atoms with E-state index in [4.69, 9.17) is 0 Å². The van der Waals surface area contributed by atoms with Crippen LogP contribution in [-0.4, -0.2) is 34.7 Å². The van der Waals surface area contributed by atoms with Gasteiger partial charge in [0.1, 0.15) is 0 Å². The van der Waals surface area contributed by atoms with Crippen LogP contribution in [0.1, 0.15) is 12.7 Å². The number of nitrogens with one attached hydrogen (secondary N) is 1. The van der Waals surface area contributed by atoms with Crippen molar-refractivity contribution in [1.29, 1.82) is 0 Å². The molecule has 13 heavy (non-hydrogen) atoms. The molecule has 0 aliphatic rings. The normalized spacial score (nSPS) is 9.69. The standard InChI is InChI=1S/C7H12N4O2/c1-3-11(2)7(12)8-4-6-9-5-13-10-6/h5H,3-4H2,1-2H3,(H,8,12). The third kappa shape index (κ3) is 2.73. The molecule has 0 bridgehead atoms. The van der Waals surface area contributed by atoms with Gasteiger partial charge in [0.15, 0.2) is 5.82 Å². The number of carbonyl (C=O) groups is 1. The first kappa shape index (κ1) is 9.50. The van der Waals surface area contributed by atoms with Crippen LogP contribution in [0, 0.1) is 0 Å². The van der Waals surface area contributed by atoms with Crippen molar-refractivity contribution in [2.45, 2.75) is 13.5 Å². The molecule has 1 heterocycles. The lowest BCUT2D eigenvalue weighted by atomic mass is 10.6. The van der Waals surface area contributed by atoms with Gasteiger partial charge in [0.05, 0.1) is 6.54 Å². The minimum Gasteiger partial charge on any atom is -0.343 e. The maximum absolute atomic E-state index is 11.2. The number of aromatic nitrogens is 2. The second-order valence-corrected chi connectivity index (χ2v) is 2.52. The summed E-state index contributed by atoms with van der Waals surface area (Å²) >= 11 is 0. The highest BCUT2D eigenvalue weighted by molar-refractivity contribution is 5.73. The zero-order chi connectivity index (χ0) is 9.68. The van der Waals surface area contributed by atoms with Crippen LogP contribution in [0.4, 0.5) is 4.79 Å². The minimum atomic E-state index is -0.146. The zero-order valence-electron chi connectivity index (χ0n) is 7.65. The Morgan fingerprint density at radius 3 is 3.08 bits per heavy atom. The predicted molar refractivity (Wildman–Crippen MR) is 44.8 cm³/mol. The van der Waals surface area contributed by atoms with Gasteiger partial charge >= 0.3 is 6.03 Å².